The maximum absolute atomic E-state index is 12.0. The molecule has 0 aromatic carbocycles. The minimum Gasteiger partial charge on any atom is -0.465 e. The maximum Gasteiger partial charge on any atom is 0.311 e. The van der Waals surface area contributed by atoms with Gasteiger partial charge in [0, 0.05) is 6.92 Å². The van der Waals surface area contributed by atoms with Crippen molar-refractivity contribution in [3.63, 3.8) is 0 Å². The minimum absolute atomic E-state index is 0.197. The highest BCUT2D eigenvalue weighted by molar-refractivity contribution is 5.76. The van der Waals surface area contributed by atoms with Crippen molar-refractivity contribution in [1.82, 2.24) is 0 Å². The first kappa shape index (κ1) is 16.9. The van der Waals surface area contributed by atoms with Gasteiger partial charge in [-0.15, -0.1) is 0 Å². The second-order valence-electron chi connectivity index (χ2n) is 5.03. The van der Waals surface area contributed by atoms with Crippen molar-refractivity contribution in [3.8, 4) is 0 Å². The average molecular weight is 258 g/mol. The lowest BCUT2D eigenvalue weighted by atomic mass is 9.82. The summed E-state index contributed by atoms with van der Waals surface area (Å²) < 4.78 is 10.3. The molecule has 4 heteroatoms. The van der Waals surface area contributed by atoms with Crippen molar-refractivity contribution in [3.05, 3.63) is 0 Å². The van der Waals surface area contributed by atoms with Gasteiger partial charge in [0.05, 0.1) is 12.0 Å². The van der Waals surface area contributed by atoms with Gasteiger partial charge >= 0.3 is 11.9 Å². The predicted molar refractivity (Wildman–Crippen MR) is 70.1 cm³/mol. The van der Waals surface area contributed by atoms with Gasteiger partial charge in [0.2, 0.25) is 0 Å². The molecule has 106 valence electrons. The molecule has 4 nitrogen and oxygen atoms in total. The van der Waals surface area contributed by atoms with E-state index in [9.17, 15) is 9.59 Å². The first-order valence-corrected chi connectivity index (χ1v) is 6.70. The molecule has 18 heavy (non-hydrogen) atoms. The number of hydrogen-bond acceptors (Lipinski definition) is 4. The van der Waals surface area contributed by atoms with Gasteiger partial charge in [-0.2, -0.15) is 0 Å². The minimum atomic E-state index is -0.581. The summed E-state index contributed by atoms with van der Waals surface area (Å²) in [6.07, 6.45) is 2.77. The van der Waals surface area contributed by atoms with Crippen LogP contribution < -0.4 is 0 Å². The standard InChI is InChI=1S/C14H26O4/c1-6-8-9-17-13(16)14(5,7-2)10-11(3)18-12(4)15/h11H,6-10H2,1-5H3. The van der Waals surface area contributed by atoms with Crippen LogP contribution in [0.15, 0.2) is 0 Å². The number of hydrogen-bond donors (Lipinski definition) is 0. The number of esters is 2. The molecule has 0 aliphatic rings. The normalized spacial score (nSPS) is 15.6. The van der Waals surface area contributed by atoms with Gasteiger partial charge in [-0.3, -0.25) is 9.59 Å². The molecule has 2 unspecified atom stereocenters. The predicted octanol–water partition coefficient (Wildman–Crippen LogP) is 3.09. The molecule has 0 aliphatic heterocycles. The van der Waals surface area contributed by atoms with E-state index in [1.54, 1.807) is 6.92 Å². The van der Waals surface area contributed by atoms with Crippen molar-refractivity contribution in [2.75, 3.05) is 6.61 Å². The molecule has 0 amide bonds. The summed E-state index contributed by atoms with van der Waals surface area (Å²) in [7, 11) is 0. The average Bonchev–Trinajstić information content (AvgIpc) is 2.27. The number of rotatable bonds is 8. The Morgan fingerprint density at radius 1 is 1.28 bits per heavy atom. The summed E-state index contributed by atoms with van der Waals surface area (Å²) in [5.74, 6) is -0.516. The van der Waals surface area contributed by atoms with Crippen LogP contribution in [-0.4, -0.2) is 24.6 Å². The second-order valence-corrected chi connectivity index (χ2v) is 5.03. The smallest absolute Gasteiger partial charge is 0.311 e. The number of carbonyl (C=O) groups excluding carboxylic acids is 2. The lowest BCUT2D eigenvalue weighted by Crippen LogP contribution is -2.34. The molecule has 0 aromatic rings. The third-order valence-corrected chi connectivity index (χ3v) is 3.11. The van der Waals surface area contributed by atoms with E-state index in [2.05, 4.69) is 6.92 Å². The van der Waals surface area contributed by atoms with Crippen LogP contribution in [0.4, 0.5) is 0 Å². The van der Waals surface area contributed by atoms with Gasteiger partial charge in [-0.05, 0) is 33.1 Å². The second kappa shape index (κ2) is 8.11. The molecular weight excluding hydrogens is 232 g/mol. The molecule has 0 spiro atoms. The highest BCUT2D eigenvalue weighted by atomic mass is 16.5. The SMILES string of the molecule is CCCCOC(=O)C(C)(CC)CC(C)OC(C)=O. The van der Waals surface area contributed by atoms with Gasteiger partial charge in [0.15, 0.2) is 0 Å². The molecule has 0 N–H and O–H groups in total. The fraction of sp³-hybridized carbons (Fsp3) is 0.857. The highest BCUT2D eigenvalue weighted by Crippen LogP contribution is 2.30. The number of ether oxygens (including phenoxy) is 2. The molecule has 0 saturated carbocycles. The van der Waals surface area contributed by atoms with Crippen LogP contribution in [0.25, 0.3) is 0 Å². The molecule has 0 saturated heterocycles. The molecule has 0 fully saturated rings. The van der Waals surface area contributed by atoms with Gasteiger partial charge in [-0.25, -0.2) is 0 Å². The van der Waals surface area contributed by atoms with E-state index >= 15 is 0 Å². The van der Waals surface area contributed by atoms with Crippen molar-refractivity contribution in [2.24, 2.45) is 5.41 Å². The van der Waals surface area contributed by atoms with E-state index < -0.39 is 5.41 Å². The van der Waals surface area contributed by atoms with E-state index in [1.165, 1.54) is 6.92 Å². The lowest BCUT2D eigenvalue weighted by molar-refractivity contribution is -0.160. The van der Waals surface area contributed by atoms with Crippen LogP contribution in [-0.2, 0) is 19.1 Å². The Labute approximate surface area is 110 Å². The fourth-order valence-corrected chi connectivity index (χ4v) is 1.81. The highest BCUT2D eigenvalue weighted by Gasteiger charge is 2.35. The molecule has 0 bridgehead atoms. The summed E-state index contributed by atoms with van der Waals surface area (Å²) in [5.41, 5.74) is -0.581. The summed E-state index contributed by atoms with van der Waals surface area (Å²) in [5, 5.41) is 0. The third kappa shape index (κ3) is 6.03. The Morgan fingerprint density at radius 3 is 2.33 bits per heavy atom. The zero-order chi connectivity index (χ0) is 14.2. The zero-order valence-electron chi connectivity index (χ0n) is 12.2. The van der Waals surface area contributed by atoms with E-state index in [0.29, 0.717) is 19.4 Å². The first-order chi connectivity index (χ1) is 8.35. The van der Waals surface area contributed by atoms with Gasteiger partial charge in [-0.1, -0.05) is 20.3 Å². The Hall–Kier alpha value is -1.06. The quantitative estimate of drug-likeness (QED) is 0.496. The lowest BCUT2D eigenvalue weighted by Gasteiger charge is -2.28. The molecule has 0 aromatic heterocycles. The topological polar surface area (TPSA) is 52.6 Å². The van der Waals surface area contributed by atoms with Crippen molar-refractivity contribution in [1.29, 1.82) is 0 Å². The van der Waals surface area contributed by atoms with Crippen molar-refractivity contribution < 1.29 is 19.1 Å². The van der Waals surface area contributed by atoms with E-state index in [1.807, 2.05) is 13.8 Å². The molecule has 0 radical (unpaired) electrons. The number of carbonyl (C=O) groups is 2. The molecular formula is C14H26O4. The monoisotopic (exact) mass is 258 g/mol. The van der Waals surface area contributed by atoms with E-state index in [4.69, 9.17) is 9.47 Å². The summed E-state index contributed by atoms with van der Waals surface area (Å²) >= 11 is 0. The molecule has 0 aliphatic carbocycles. The van der Waals surface area contributed by atoms with Crippen molar-refractivity contribution >= 4 is 11.9 Å². The Bertz CT molecular complexity index is 275. The Morgan fingerprint density at radius 2 is 1.89 bits per heavy atom. The van der Waals surface area contributed by atoms with Crippen molar-refractivity contribution in [2.45, 2.75) is 66.4 Å². The molecule has 0 rings (SSSR count). The van der Waals surface area contributed by atoms with Crippen LogP contribution in [0.1, 0.15) is 60.3 Å². The van der Waals surface area contributed by atoms with E-state index in [0.717, 1.165) is 12.8 Å². The zero-order valence-corrected chi connectivity index (χ0v) is 12.2. The van der Waals surface area contributed by atoms with Crippen LogP contribution in [0.3, 0.4) is 0 Å². The van der Waals surface area contributed by atoms with Gasteiger partial charge in [0.25, 0.3) is 0 Å². The maximum atomic E-state index is 12.0. The first-order valence-electron chi connectivity index (χ1n) is 6.70. The van der Waals surface area contributed by atoms with Crippen LogP contribution in [0.5, 0.6) is 0 Å². The van der Waals surface area contributed by atoms with Crippen LogP contribution in [0.2, 0.25) is 0 Å². The fourth-order valence-electron chi connectivity index (χ4n) is 1.81. The Kier molecular flexibility index (Phi) is 7.64. The summed E-state index contributed by atoms with van der Waals surface area (Å²) in [6.45, 7) is 9.50. The van der Waals surface area contributed by atoms with Gasteiger partial charge in [0.1, 0.15) is 6.10 Å². The Balaban J connectivity index is 4.39. The molecule has 2 atom stereocenters. The van der Waals surface area contributed by atoms with Crippen LogP contribution in [0, 0.1) is 5.41 Å². The van der Waals surface area contributed by atoms with Crippen LogP contribution >= 0.6 is 0 Å². The summed E-state index contributed by atoms with van der Waals surface area (Å²) in [4.78, 5) is 22.9. The number of unbranched alkanes of at least 4 members (excludes halogenated alkanes) is 1. The van der Waals surface area contributed by atoms with Gasteiger partial charge < -0.3 is 9.47 Å². The third-order valence-electron chi connectivity index (χ3n) is 3.11. The van der Waals surface area contributed by atoms with E-state index in [-0.39, 0.29) is 18.0 Å². The largest absolute Gasteiger partial charge is 0.465 e. The molecule has 0 heterocycles. The summed E-state index contributed by atoms with van der Waals surface area (Å²) in [6, 6.07) is 0.